The van der Waals surface area contributed by atoms with Gasteiger partial charge in [-0.3, -0.25) is 19.3 Å². The molecule has 144 valence electrons. The largest absolute Gasteiger partial charge is 0.342 e. The van der Waals surface area contributed by atoms with E-state index in [0.29, 0.717) is 29.5 Å². The average Bonchev–Trinajstić information content (AvgIpc) is 3.38. The Morgan fingerprint density at radius 3 is 2.44 bits per heavy atom. The highest BCUT2D eigenvalue weighted by Gasteiger charge is 2.41. The Labute approximate surface area is 159 Å². The van der Waals surface area contributed by atoms with Crippen molar-refractivity contribution in [2.24, 2.45) is 5.41 Å². The summed E-state index contributed by atoms with van der Waals surface area (Å²) in [5.41, 5.74) is 1.32. The lowest BCUT2D eigenvalue weighted by molar-refractivity contribution is -0.130. The van der Waals surface area contributed by atoms with Gasteiger partial charge in [-0.15, -0.1) is 0 Å². The second-order valence-electron chi connectivity index (χ2n) is 8.11. The minimum atomic E-state index is -0.195. The number of nitrogens with one attached hydrogen (secondary N) is 1. The maximum Gasteiger partial charge on any atom is 0.261 e. The summed E-state index contributed by atoms with van der Waals surface area (Å²) < 4.78 is 0. The molecule has 27 heavy (non-hydrogen) atoms. The van der Waals surface area contributed by atoms with Gasteiger partial charge in [-0.1, -0.05) is 18.6 Å². The van der Waals surface area contributed by atoms with Crippen molar-refractivity contribution in [1.29, 1.82) is 0 Å². The van der Waals surface area contributed by atoms with Gasteiger partial charge < -0.3 is 10.2 Å². The van der Waals surface area contributed by atoms with Crippen LogP contribution in [-0.2, 0) is 4.79 Å². The van der Waals surface area contributed by atoms with Gasteiger partial charge in [-0.25, -0.2) is 0 Å². The van der Waals surface area contributed by atoms with Crippen LogP contribution in [0.25, 0.3) is 0 Å². The van der Waals surface area contributed by atoms with Gasteiger partial charge in [-0.05, 0) is 44.4 Å². The van der Waals surface area contributed by atoms with Gasteiger partial charge in [0.15, 0.2) is 0 Å². The van der Waals surface area contributed by atoms with Crippen LogP contribution in [0.2, 0.25) is 0 Å². The molecule has 3 amide bonds. The number of imide groups is 1. The number of carbonyl (C=O) groups is 3. The first kappa shape index (κ1) is 18.2. The quantitative estimate of drug-likeness (QED) is 0.616. The molecule has 6 heteroatoms. The average molecular weight is 369 g/mol. The number of fused-ring (bicyclic) bond motifs is 1. The van der Waals surface area contributed by atoms with Crippen LogP contribution in [-0.4, -0.2) is 60.2 Å². The van der Waals surface area contributed by atoms with Crippen LogP contribution in [0.5, 0.6) is 0 Å². The number of rotatable bonds is 6. The molecule has 3 aliphatic heterocycles. The van der Waals surface area contributed by atoms with Gasteiger partial charge in [-0.2, -0.15) is 0 Å². The topological polar surface area (TPSA) is 69.7 Å². The normalized spacial score (nSPS) is 24.3. The fourth-order valence-electron chi connectivity index (χ4n) is 4.62. The van der Waals surface area contributed by atoms with Gasteiger partial charge in [0, 0.05) is 38.0 Å². The highest BCUT2D eigenvalue weighted by atomic mass is 16.2. The third-order valence-electron chi connectivity index (χ3n) is 6.27. The zero-order chi connectivity index (χ0) is 18.9. The molecule has 6 nitrogen and oxygen atoms in total. The minimum absolute atomic E-state index is 0.195. The van der Waals surface area contributed by atoms with E-state index in [1.165, 1.54) is 11.3 Å². The molecule has 2 fully saturated rings. The van der Waals surface area contributed by atoms with Crippen molar-refractivity contribution in [1.82, 2.24) is 15.1 Å². The van der Waals surface area contributed by atoms with Crippen molar-refractivity contribution >= 4 is 17.7 Å². The molecule has 0 aliphatic carbocycles. The number of amides is 3. The van der Waals surface area contributed by atoms with Crippen molar-refractivity contribution in [3.63, 3.8) is 0 Å². The monoisotopic (exact) mass is 369 g/mol. The van der Waals surface area contributed by atoms with Gasteiger partial charge in [0.1, 0.15) is 0 Å². The summed E-state index contributed by atoms with van der Waals surface area (Å²) in [6, 6.07) is 6.97. The second-order valence-corrected chi connectivity index (χ2v) is 8.11. The van der Waals surface area contributed by atoms with Gasteiger partial charge in [0.25, 0.3) is 11.8 Å². The van der Waals surface area contributed by atoms with E-state index in [-0.39, 0.29) is 17.7 Å². The SMILES string of the molecule is O=C(CCCCCN1C(=O)c2ccccc2C1=O)N1CCC2(CCNC2)C1. The molecular weight excluding hydrogens is 342 g/mol. The highest BCUT2D eigenvalue weighted by Crippen LogP contribution is 2.36. The molecule has 1 N–H and O–H groups in total. The molecule has 3 aliphatic rings. The molecule has 1 aromatic rings. The van der Waals surface area contributed by atoms with E-state index in [2.05, 4.69) is 5.32 Å². The number of likely N-dealkylation sites (tertiary alicyclic amines) is 1. The lowest BCUT2D eigenvalue weighted by atomic mass is 9.86. The van der Waals surface area contributed by atoms with Crippen molar-refractivity contribution in [2.45, 2.75) is 38.5 Å². The third-order valence-corrected chi connectivity index (χ3v) is 6.27. The van der Waals surface area contributed by atoms with Crippen molar-refractivity contribution in [2.75, 3.05) is 32.7 Å². The van der Waals surface area contributed by atoms with Crippen LogP contribution < -0.4 is 5.32 Å². The van der Waals surface area contributed by atoms with Crippen LogP contribution in [0.1, 0.15) is 59.2 Å². The Balaban J connectivity index is 1.18. The van der Waals surface area contributed by atoms with Crippen LogP contribution >= 0.6 is 0 Å². The number of carbonyl (C=O) groups excluding carboxylic acids is 3. The third kappa shape index (κ3) is 3.50. The molecule has 1 spiro atoms. The predicted molar refractivity (Wildman–Crippen MR) is 101 cm³/mol. The van der Waals surface area contributed by atoms with Gasteiger partial charge >= 0.3 is 0 Å². The number of hydrogen-bond acceptors (Lipinski definition) is 4. The molecule has 0 radical (unpaired) electrons. The summed E-state index contributed by atoms with van der Waals surface area (Å²) in [6.07, 6.45) is 5.25. The van der Waals surface area contributed by atoms with Crippen LogP contribution in [0.3, 0.4) is 0 Å². The molecule has 4 rings (SSSR count). The fourth-order valence-corrected chi connectivity index (χ4v) is 4.62. The lowest BCUT2D eigenvalue weighted by Crippen LogP contribution is -2.33. The molecule has 1 atom stereocenters. The smallest absolute Gasteiger partial charge is 0.261 e. The highest BCUT2D eigenvalue weighted by molar-refractivity contribution is 6.21. The Bertz CT molecular complexity index is 720. The molecule has 2 saturated heterocycles. The zero-order valence-electron chi connectivity index (χ0n) is 15.7. The maximum atomic E-state index is 12.4. The Morgan fingerprint density at radius 2 is 1.78 bits per heavy atom. The van der Waals surface area contributed by atoms with Crippen molar-refractivity contribution in [3.05, 3.63) is 35.4 Å². The molecule has 1 aromatic carbocycles. The van der Waals surface area contributed by atoms with Gasteiger partial charge in [0.2, 0.25) is 5.91 Å². The molecule has 0 aromatic heterocycles. The molecule has 0 saturated carbocycles. The van der Waals surface area contributed by atoms with Crippen LogP contribution in [0, 0.1) is 5.41 Å². The summed E-state index contributed by atoms with van der Waals surface area (Å²) >= 11 is 0. The molecule has 3 heterocycles. The Hall–Kier alpha value is -2.21. The first-order valence-electron chi connectivity index (χ1n) is 10.0. The summed E-state index contributed by atoms with van der Waals surface area (Å²) in [5, 5.41) is 3.42. The zero-order valence-corrected chi connectivity index (χ0v) is 15.7. The van der Waals surface area contributed by atoms with E-state index in [4.69, 9.17) is 0 Å². The van der Waals surface area contributed by atoms with Crippen LogP contribution in [0.15, 0.2) is 24.3 Å². The maximum absolute atomic E-state index is 12.4. The van der Waals surface area contributed by atoms with E-state index in [1.807, 2.05) is 4.90 Å². The van der Waals surface area contributed by atoms with Crippen molar-refractivity contribution < 1.29 is 14.4 Å². The Morgan fingerprint density at radius 1 is 1.04 bits per heavy atom. The summed E-state index contributed by atoms with van der Waals surface area (Å²) in [6.45, 7) is 4.32. The standard InChI is InChI=1S/C21H27N3O3/c25-18(23-13-10-21(15-23)9-11-22-14-21)8-2-1-5-12-24-19(26)16-6-3-4-7-17(16)20(24)27/h3-4,6-7,22H,1-2,5,8-15H2. The predicted octanol–water partition coefficient (Wildman–Crippen LogP) is 2.05. The van der Waals surface area contributed by atoms with E-state index >= 15 is 0 Å². The lowest BCUT2D eigenvalue weighted by Gasteiger charge is -2.22. The summed E-state index contributed by atoms with van der Waals surface area (Å²) in [4.78, 5) is 40.4. The van der Waals surface area contributed by atoms with E-state index < -0.39 is 0 Å². The minimum Gasteiger partial charge on any atom is -0.342 e. The van der Waals surface area contributed by atoms with Crippen LogP contribution in [0.4, 0.5) is 0 Å². The summed E-state index contributed by atoms with van der Waals surface area (Å²) in [7, 11) is 0. The number of nitrogens with zero attached hydrogens (tertiary/aromatic N) is 2. The molecular formula is C21H27N3O3. The Kier molecular flexibility index (Phi) is 5.00. The fraction of sp³-hybridized carbons (Fsp3) is 0.571. The van der Waals surface area contributed by atoms with Crippen molar-refractivity contribution in [3.8, 4) is 0 Å². The molecule has 1 unspecified atom stereocenters. The van der Waals surface area contributed by atoms with E-state index in [1.54, 1.807) is 24.3 Å². The van der Waals surface area contributed by atoms with Gasteiger partial charge in [0.05, 0.1) is 11.1 Å². The number of benzene rings is 1. The summed E-state index contributed by atoms with van der Waals surface area (Å²) in [5.74, 6) is -0.141. The number of hydrogen-bond donors (Lipinski definition) is 1. The molecule has 0 bridgehead atoms. The first-order chi connectivity index (χ1) is 13.1. The van der Waals surface area contributed by atoms with E-state index in [9.17, 15) is 14.4 Å². The second kappa shape index (κ2) is 7.43. The van der Waals surface area contributed by atoms with E-state index in [0.717, 1.165) is 51.9 Å². The number of unbranched alkanes of at least 4 members (excludes halogenated alkanes) is 2. The first-order valence-corrected chi connectivity index (χ1v) is 10.0.